The molecule has 1 N–H and O–H groups in total. The van der Waals surface area contributed by atoms with Crippen molar-refractivity contribution in [3.63, 3.8) is 0 Å². The Labute approximate surface area is 144 Å². The zero-order valence-electron chi connectivity index (χ0n) is 13.9. The van der Waals surface area contributed by atoms with Gasteiger partial charge in [-0.2, -0.15) is 0 Å². The molecule has 0 heterocycles. The zero-order chi connectivity index (χ0) is 18.4. The number of hydrogen-bond acceptors (Lipinski definition) is 5. The van der Waals surface area contributed by atoms with Crippen molar-refractivity contribution >= 4 is 23.3 Å². The summed E-state index contributed by atoms with van der Waals surface area (Å²) >= 11 is 0. The van der Waals surface area contributed by atoms with E-state index < -0.39 is 22.9 Å². The molecular weight excluding hydrogens is 324 g/mol. The van der Waals surface area contributed by atoms with E-state index in [2.05, 4.69) is 5.32 Å². The lowest BCUT2D eigenvalue weighted by atomic mass is 10.1. The van der Waals surface area contributed by atoms with Gasteiger partial charge in [0.05, 0.1) is 10.5 Å². The van der Waals surface area contributed by atoms with Crippen LogP contribution < -0.4 is 5.32 Å². The third-order valence-corrected chi connectivity index (χ3v) is 3.60. The first-order chi connectivity index (χ1) is 11.9. The van der Waals surface area contributed by atoms with Crippen LogP contribution in [0.2, 0.25) is 0 Å². The van der Waals surface area contributed by atoms with Crippen LogP contribution in [0.1, 0.15) is 29.8 Å². The first kappa shape index (κ1) is 18.1. The van der Waals surface area contributed by atoms with Gasteiger partial charge in [-0.3, -0.25) is 14.9 Å². The molecule has 2 aromatic carbocycles. The minimum Gasteiger partial charge on any atom is -0.449 e. The van der Waals surface area contributed by atoms with Crippen molar-refractivity contribution in [3.05, 3.63) is 69.8 Å². The first-order valence-corrected chi connectivity index (χ1v) is 7.76. The fraction of sp³-hybridized carbons (Fsp3) is 0.222. The highest BCUT2D eigenvalue weighted by molar-refractivity contribution is 5.97. The molecule has 0 fully saturated rings. The van der Waals surface area contributed by atoms with Gasteiger partial charge in [-0.05, 0) is 43.2 Å². The fourth-order valence-electron chi connectivity index (χ4n) is 2.07. The first-order valence-electron chi connectivity index (χ1n) is 7.76. The smallest absolute Gasteiger partial charge is 0.338 e. The Morgan fingerprint density at radius 2 is 1.72 bits per heavy atom. The number of carbonyl (C=O) groups excluding carboxylic acids is 2. The van der Waals surface area contributed by atoms with Gasteiger partial charge in [0, 0.05) is 17.8 Å². The Morgan fingerprint density at radius 1 is 1.12 bits per heavy atom. The number of esters is 1. The van der Waals surface area contributed by atoms with Crippen molar-refractivity contribution in [2.24, 2.45) is 0 Å². The highest BCUT2D eigenvalue weighted by atomic mass is 16.6. The minimum absolute atomic E-state index is 0.127. The molecule has 0 aromatic heterocycles. The topological polar surface area (TPSA) is 98.5 Å². The lowest BCUT2D eigenvalue weighted by Gasteiger charge is -2.13. The number of amides is 1. The van der Waals surface area contributed by atoms with Crippen LogP contribution in [0.25, 0.3) is 0 Å². The summed E-state index contributed by atoms with van der Waals surface area (Å²) in [5.41, 5.74) is 1.77. The van der Waals surface area contributed by atoms with Gasteiger partial charge in [0.25, 0.3) is 11.6 Å². The van der Waals surface area contributed by atoms with E-state index in [1.54, 1.807) is 12.1 Å². The standard InChI is InChI=1S/C18H18N2O5/c1-3-13-4-8-15(9-5-13)19-17(21)12(2)25-18(22)14-6-10-16(11-7-14)20(23)24/h4-12H,3H2,1-2H3,(H,19,21)/t12-/m0/s1. The summed E-state index contributed by atoms with van der Waals surface area (Å²) < 4.78 is 5.09. The van der Waals surface area contributed by atoms with Crippen molar-refractivity contribution in [1.29, 1.82) is 0 Å². The number of carbonyl (C=O) groups is 2. The van der Waals surface area contributed by atoms with Crippen molar-refractivity contribution < 1.29 is 19.2 Å². The van der Waals surface area contributed by atoms with E-state index in [1.165, 1.54) is 31.2 Å². The molecule has 0 aliphatic heterocycles. The Kier molecular flexibility index (Phi) is 5.84. The predicted octanol–water partition coefficient (Wildman–Crippen LogP) is 3.34. The summed E-state index contributed by atoms with van der Waals surface area (Å²) in [5.74, 6) is -1.18. The highest BCUT2D eigenvalue weighted by Crippen LogP contribution is 2.14. The van der Waals surface area contributed by atoms with Gasteiger partial charge in [0.1, 0.15) is 0 Å². The average Bonchev–Trinajstić information content (AvgIpc) is 2.62. The SMILES string of the molecule is CCc1ccc(NC(=O)[C@H](C)OC(=O)c2ccc([N+](=O)[O-])cc2)cc1. The third-order valence-electron chi connectivity index (χ3n) is 3.60. The summed E-state index contributed by atoms with van der Waals surface area (Å²) in [6, 6.07) is 12.4. The van der Waals surface area contributed by atoms with E-state index in [0.29, 0.717) is 5.69 Å². The molecule has 1 amide bonds. The van der Waals surface area contributed by atoms with Gasteiger partial charge in [-0.1, -0.05) is 19.1 Å². The second-order valence-corrected chi connectivity index (χ2v) is 5.39. The number of anilines is 1. The van der Waals surface area contributed by atoms with Crippen LogP contribution in [0.4, 0.5) is 11.4 Å². The minimum atomic E-state index is -1.01. The summed E-state index contributed by atoms with van der Waals surface area (Å²) in [6.45, 7) is 3.49. The van der Waals surface area contributed by atoms with Crippen LogP contribution in [-0.4, -0.2) is 22.9 Å². The normalized spacial score (nSPS) is 11.4. The molecule has 2 aromatic rings. The number of hydrogen-bond donors (Lipinski definition) is 1. The second kappa shape index (κ2) is 8.05. The number of rotatable bonds is 6. The summed E-state index contributed by atoms with van der Waals surface area (Å²) in [5, 5.41) is 13.3. The molecule has 7 nitrogen and oxygen atoms in total. The summed E-state index contributed by atoms with van der Waals surface area (Å²) in [6.07, 6.45) is -0.106. The van der Waals surface area contributed by atoms with E-state index in [0.717, 1.165) is 12.0 Å². The second-order valence-electron chi connectivity index (χ2n) is 5.39. The molecule has 0 saturated heterocycles. The maximum Gasteiger partial charge on any atom is 0.338 e. The highest BCUT2D eigenvalue weighted by Gasteiger charge is 2.19. The lowest BCUT2D eigenvalue weighted by molar-refractivity contribution is -0.384. The van der Waals surface area contributed by atoms with Crippen molar-refractivity contribution in [1.82, 2.24) is 0 Å². The molecule has 0 saturated carbocycles. The third kappa shape index (κ3) is 4.87. The van der Waals surface area contributed by atoms with Gasteiger partial charge < -0.3 is 10.1 Å². The molecule has 1 atom stereocenters. The zero-order valence-corrected chi connectivity index (χ0v) is 13.9. The predicted molar refractivity (Wildman–Crippen MR) is 92.4 cm³/mol. The van der Waals surface area contributed by atoms with E-state index in [9.17, 15) is 19.7 Å². The van der Waals surface area contributed by atoms with Gasteiger partial charge in [0.2, 0.25) is 0 Å². The number of nitro benzene ring substituents is 1. The molecule has 2 rings (SSSR count). The number of non-ortho nitro benzene ring substituents is 1. The van der Waals surface area contributed by atoms with Crippen LogP contribution in [0.5, 0.6) is 0 Å². The van der Waals surface area contributed by atoms with Crippen molar-refractivity contribution in [3.8, 4) is 0 Å². The number of nitrogens with one attached hydrogen (secondary N) is 1. The molecule has 130 valence electrons. The van der Waals surface area contributed by atoms with E-state index >= 15 is 0 Å². The molecule has 0 unspecified atom stereocenters. The number of nitrogens with zero attached hydrogens (tertiary/aromatic N) is 1. The van der Waals surface area contributed by atoms with Crippen LogP contribution in [0.15, 0.2) is 48.5 Å². The fourth-order valence-corrected chi connectivity index (χ4v) is 2.07. The maximum absolute atomic E-state index is 12.1. The molecule has 0 aliphatic carbocycles. The lowest BCUT2D eigenvalue weighted by Crippen LogP contribution is -2.30. The summed E-state index contributed by atoms with van der Waals surface area (Å²) in [7, 11) is 0. The monoisotopic (exact) mass is 342 g/mol. The molecule has 0 aliphatic rings. The number of ether oxygens (including phenoxy) is 1. The summed E-state index contributed by atoms with van der Waals surface area (Å²) in [4.78, 5) is 34.1. The number of benzene rings is 2. The van der Waals surface area contributed by atoms with Crippen LogP contribution in [-0.2, 0) is 16.0 Å². The Balaban J connectivity index is 1.95. The molecular formula is C18H18N2O5. The Morgan fingerprint density at radius 3 is 2.24 bits per heavy atom. The van der Waals surface area contributed by atoms with E-state index in [4.69, 9.17) is 4.74 Å². The number of nitro groups is 1. The Hall–Kier alpha value is -3.22. The molecule has 0 radical (unpaired) electrons. The Bertz CT molecular complexity index is 769. The van der Waals surface area contributed by atoms with Crippen LogP contribution >= 0.6 is 0 Å². The quantitative estimate of drug-likeness (QED) is 0.493. The van der Waals surface area contributed by atoms with Crippen molar-refractivity contribution in [2.75, 3.05) is 5.32 Å². The average molecular weight is 342 g/mol. The molecule has 7 heteroatoms. The largest absolute Gasteiger partial charge is 0.449 e. The molecule has 0 spiro atoms. The van der Waals surface area contributed by atoms with Crippen LogP contribution in [0, 0.1) is 10.1 Å². The molecule has 0 bridgehead atoms. The van der Waals surface area contributed by atoms with Crippen LogP contribution in [0.3, 0.4) is 0 Å². The van der Waals surface area contributed by atoms with Gasteiger partial charge in [-0.15, -0.1) is 0 Å². The molecule has 25 heavy (non-hydrogen) atoms. The van der Waals surface area contributed by atoms with E-state index in [-0.39, 0.29) is 11.3 Å². The maximum atomic E-state index is 12.1. The van der Waals surface area contributed by atoms with Gasteiger partial charge in [0.15, 0.2) is 6.10 Å². The van der Waals surface area contributed by atoms with Crippen molar-refractivity contribution in [2.45, 2.75) is 26.4 Å². The van der Waals surface area contributed by atoms with E-state index in [1.807, 2.05) is 19.1 Å². The number of aryl methyl sites for hydroxylation is 1. The van der Waals surface area contributed by atoms with Gasteiger partial charge in [-0.25, -0.2) is 4.79 Å². The van der Waals surface area contributed by atoms with Gasteiger partial charge >= 0.3 is 5.97 Å².